The molecular formula is C13H21NO. The van der Waals surface area contributed by atoms with Crippen molar-refractivity contribution >= 4 is 0 Å². The molecule has 0 amide bonds. The lowest BCUT2D eigenvalue weighted by Gasteiger charge is -2.25. The third kappa shape index (κ3) is 2.63. The quantitative estimate of drug-likeness (QED) is 0.800. The summed E-state index contributed by atoms with van der Waals surface area (Å²) in [6, 6.07) is 2.37. The fourth-order valence-electron chi connectivity index (χ4n) is 2.21. The molecule has 2 nitrogen and oxygen atoms in total. The summed E-state index contributed by atoms with van der Waals surface area (Å²) in [5, 5.41) is 3.53. The van der Waals surface area contributed by atoms with Crippen molar-refractivity contribution in [2.24, 2.45) is 5.92 Å². The number of aryl methyl sites for hydroxylation is 1. The third-order valence-electron chi connectivity index (χ3n) is 3.52. The Balaban J connectivity index is 1.72. The average Bonchev–Trinajstić information content (AvgIpc) is 2.55. The average molecular weight is 207 g/mol. The van der Waals surface area contributed by atoms with Crippen LogP contribution in [0.4, 0.5) is 0 Å². The largest absolute Gasteiger partial charge is 0.467 e. The maximum absolute atomic E-state index is 5.46. The van der Waals surface area contributed by atoms with Gasteiger partial charge in [0.05, 0.1) is 12.3 Å². The Morgan fingerprint density at radius 2 is 2.33 bits per heavy atom. The van der Waals surface area contributed by atoms with Gasteiger partial charge < -0.3 is 9.73 Å². The normalized spacial score (nSPS) is 18.8. The molecule has 1 unspecified atom stereocenters. The summed E-state index contributed by atoms with van der Waals surface area (Å²) >= 11 is 0. The molecule has 1 N–H and O–H groups in total. The van der Waals surface area contributed by atoms with Gasteiger partial charge in [-0.1, -0.05) is 19.3 Å². The molecule has 2 rings (SSSR count). The number of furan rings is 1. The molecule has 1 aliphatic carbocycles. The van der Waals surface area contributed by atoms with Crippen LogP contribution in [-0.4, -0.2) is 6.54 Å². The van der Waals surface area contributed by atoms with Crippen molar-refractivity contribution < 1.29 is 4.42 Å². The van der Waals surface area contributed by atoms with E-state index < -0.39 is 0 Å². The van der Waals surface area contributed by atoms with E-state index in [1.165, 1.54) is 31.2 Å². The Labute approximate surface area is 92.1 Å². The molecule has 84 valence electrons. The van der Waals surface area contributed by atoms with Gasteiger partial charge in [0.25, 0.3) is 0 Å². The second-order valence-electron chi connectivity index (χ2n) is 4.73. The number of rotatable bonds is 5. The summed E-state index contributed by atoms with van der Waals surface area (Å²) < 4.78 is 5.46. The van der Waals surface area contributed by atoms with Crippen LogP contribution in [0.3, 0.4) is 0 Å². The van der Waals surface area contributed by atoms with E-state index >= 15 is 0 Å². The molecule has 0 saturated heterocycles. The monoisotopic (exact) mass is 207 g/mol. The minimum Gasteiger partial charge on any atom is -0.467 e. The molecule has 1 aromatic heterocycles. The van der Waals surface area contributed by atoms with Crippen LogP contribution < -0.4 is 5.32 Å². The molecule has 1 fully saturated rings. The molecule has 0 bridgehead atoms. The van der Waals surface area contributed by atoms with Crippen molar-refractivity contribution in [3.8, 4) is 0 Å². The molecule has 0 aliphatic heterocycles. The molecule has 1 aliphatic rings. The molecular weight excluding hydrogens is 186 g/mol. The van der Waals surface area contributed by atoms with Crippen LogP contribution in [0.1, 0.15) is 50.0 Å². The van der Waals surface area contributed by atoms with Gasteiger partial charge in [0.15, 0.2) is 0 Å². The molecule has 2 heteroatoms. The second kappa shape index (κ2) is 4.84. The van der Waals surface area contributed by atoms with Crippen molar-refractivity contribution in [2.45, 2.75) is 45.6 Å². The molecule has 0 spiro atoms. The van der Waals surface area contributed by atoms with Crippen molar-refractivity contribution in [3.63, 3.8) is 0 Å². The summed E-state index contributed by atoms with van der Waals surface area (Å²) in [5.41, 5.74) is 1.25. The topological polar surface area (TPSA) is 25.2 Å². The van der Waals surface area contributed by atoms with E-state index in [1.807, 2.05) is 6.07 Å². The van der Waals surface area contributed by atoms with Crippen molar-refractivity contribution in [1.82, 2.24) is 5.32 Å². The van der Waals surface area contributed by atoms with Crippen molar-refractivity contribution in [2.75, 3.05) is 6.54 Å². The highest BCUT2D eigenvalue weighted by atomic mass is 16.3. The van der Waals surface area contributed by atoms with Gasteiger partial charge in [-0.05, 0) is 44.4 Å². The summed E-state index contributed by atoms with van der Waals surface area (Å²) in [4.78, 5) is 0. The van der Waals surface area contributed by atoms with Crippen LogP contribution in [0.25, 0.3) is 0 Å². The van der Waals surface area contributed by atoms with E-state index in [9.17, 15) is 0 Å². The highest BCUT2D eigenvalue weighted by molar-refractivity contribution is 5.17. The number of hydrogen-bond acceptors (Lipinski definition) is 2. The first-order valence-electron chi connectivity index (χ1n) is 6.04. The molecule has 1 heterocycles. The van der Waals surface area contributed by atoms with Crippen LogP contribution in [0.2, 0.25) is 0 Å². The van der Waals surface area contributed by atoms with Gasteiger partial charge in [-0.2, -0.15) is 0 Å². The zero-order chi connectivity index (χ0) is 10.7. The summed E-state index contributed by atoms with van der Waals surface area (Å²) in [5.74, 6) is 2.08. The van der Waals surface area contributed by atoms with Crippen LogP contribution in [0, 0.1) is 12.8 Å². The molecule has 0 radical (unpaired) electrons. The van der Waals surface area contributed by atoms with Gasteiger partial charge >= 0.3 is 0 Å². The number of nitrogens with one attached hydrogen (secondary N) is 1. The van der Waals surface area contributed by atoms with Gasteiger partial charge in [-0.25, -0.2) is 0 Å². The Kier molecular flexibility index (Phi) is 3.47. The minimum absolute atomic E-state index is 0.347. The molecule has 15 heavy (non-hydrogen) atoms. The highest BCUT2D eigenvalue weighted by Crippen LogP contribution is 2.29. The first-order valence-corrected chi connectivity index (χ1v) is 6.04. The predicted octanol–water partition coefficient (Wildman–Crippen LogP) is 3.43. The van der Waals surface area contributed by atoms with Crippen LogP contribution in [0.5, 0.6) is 0 Å². The lowest BCUT2D eigenvalue weighted by Crippen LogP contribution is -2.24. The zero-order valence-corrected chi connectivity index (χ0v) is 9.75. The summed E-state index contributed by atoms with van der Waals surface area (Å²) in [7, 11) is 0. The van der Waals surface area contributed by atoms with E-state index in [0.29, 0.717) is 6.04 Å². The van der Waals surface area contributed by atoms with E-state index in [4.69, 9.17) is 4.42 Å². The fraction of sp³-hybridized carbons (Fsp3) is 0.692. The van der Waals surface area contributed by atoms with E-state index in [-0.39, 0.29) is 0 Å². The Hall–Kier alpha value is -0.760. The summed E-state index contributed by atoms with van der Waals surface area (Å²) in [6.45, 7) is 5.39. The van der Waals surface area contributed by atoms with Gasteiger partial charge in [0, 0.05) is 0 Å². The van der Waals surface area contributed by atoms with Gasteiger partial charge in [-0.15, -0.1) is 0 Å². The lowest BCUT2D eigenvalue weighted by atomic mass is 9.83. The summed E-state index contributed by atoms with van der Waals surface area (Å²) in [6.07, 6.45) is 7.42. The highest BCUT2D eigenvalue weighted by Gasteiger charge is 2.17. The second-order valence-corrected chi connectivity index (χ2v) is 4.73. The van der Waals surface area contributed by atoms with Gasteiger partial charge in [0.1, 0.15) is 5.76 Å². The third-order valence-corrected chi connectivity index (χ3v) is 3.52. The van der Waals surface area contributed by atoms with Gasteiger partial charge in [-0.3, -0.25) is 0 Å². The van der Waals surface area contributed by atoms with Crippen LogP contribution in [-0.2, 0) is 0 Å². The lowest BCUT2D eigenvalue weighted by molar-refractivity contribution is 0.285. The van der Waals surface area contributed by atoms with Crippen molar-refractivity contribution in [3.05, 3.63) is 23.7 Å². The first-order chi connectivity index (χ1) is 7.27. The number of hydrogen-bond donors (Lipinski definition) is 1. The Morgan fingerprint density at radius 1 is 1.53 bits per heavy atom. The Morgan fingerprint density at radius 3 is 2.87 bits per heavy atom. The molecule has 1 atom stereocenters. The smallest absolute Gasteiger partial charge is 0.123 e. The SMILES string of the molecule is Cc1ccoc1C(C)NCCC1CCC1. The maximum atomic E-state index is 5.46. The fourth-order valence-corrected chi connectivity index (χ4v) is 2.21. The zero-order valence-electron chi connectivity index (χ0n) is 9.75. The predicted molar refractivity (Wildman–Crippen MR) is 61.8 cm³/mol. The molecule has 0 aromatic carbocycles. The van der Waals surface area contributed by atoms with Crippen molar-refractivity contribution in [1.29, 1.82) is 0 Å². The van der Waals surface area contributed by atoms with Gasteiger partial charge in [0.2, 0.25) is 0 Å². The van der Waals surface area contributed by atoms with E-state index in [0.717, 1.165) is 18.2 Å². The van der Waals surface area contributed by atoms with Crippen LogP contribution >= 0.6 is 0 Å². The first kappa shape index (κ1) is 10.7. The molecule has 1 saturated carbocycles. The van der Waals surface area contributed by atoms with E-state index in [2.05, 4.69) is 19.2 Å². The standard InChI is InChI=1S/C13H21NO/c1-10-7-9-15-13(10)11(2)14-8-6-12-4-3-5-12/h7,9,11-12,14H,3-6,8H2,1-2H3. The maximum Gasteiger partial charge on any atom is 0.123 e. The Bertz CT molecular complexity index is 301. The van der Waals surface area contributed by atoms with Crippen LogP contribution in [0.15, 0.2) is 16.7 Å². The minimum atomic E-state index is 0.347. The molecule has 1 aromatic rings. The van der Waals surface area contributed by atoms with E-state index in [1.54, 1.807) is 6.26 Å².